The fourth-order valence-corrected chi connectivity index (χ4v) is 2.79. The molecule has 0 aliphatic carbocycles. The van der Waals surface area contributed by atoms with Crippen LogP contribution in [0, 0.1) is 0 Å². The Bertz CT molecular complexity index is 392. The molecule has 0 bridgehead atoms. The topological polar surface area (TPSA) is 25.8 Å². The van der Waals surface area contributed by atoms with E-state index < -0.39 is 0 Å². The molecule has 0 aliphatic heterocycles. The van der Waals surface area contributed by atoms with E-state index in [1.54, 1.807) is 22.7 Å². The van der Waals surface area contributed by atoms with E-state index in [0.717, 1.165) is 11.4 Å². The monoisotopic (exact) mass is 224 g/mol. The van der Waals surface area contributed by atoms with Crippen LogP contribution in [0.5, 0.6) is 0 Å². The van der Waals surface area contributed by atoms with E-state index in [-0.39, 0.29) is 0 Å². The lowest BCUT2D eigenvalue weighted by Gasteiger charge is -2.01. The molecule has 0 radical (unpaired) electrons. The molecular formula is C10H12N2S2. The summed E-state index contributed by atoms with van der Waals surface area (Å²) in [5, 5.41) is 3.26. The van der Waals surface area contributed by atoms with Crippen LogP contribution in [0.4, 0.5) is 0 Å². The summed E-state index contributed by atoms with van der Waals surface area (Å²) in [6.07, 6.45) is 3.02. The first-order valence-corrected chi connectivity index (χ1v) is 6.41. The molecule has 1 unspecified atom stereocenters. The number of hydrogen-bond donors (Lipinski definition) is 0. The Kier molecular flexibility index (Phi) is 2.93. The first-order valence-electron chi connectivity index (χ1n) is 4.65. The highest BCUT2D eigenvalue weighted by Crippen LogP contribution is 2.29. The normalized spacial score (nSPS) is 13.0. The van der Waals surface area contributed by atoms with Gasteiger partial charge in [0, 0.05) is 11.6 Å². The molecule has 1 atom stereocenters. The maximum absolute atomic E-state index is 4.61. The molecule has 2 aromatic rings. The zero-order chi connectivity index (χ0) is 9.97. The van der Waals surface area contributed by atoms with E-state index in [0.29, 0.717) is 5.92 Å². The summed E-state index contributed by atoms with van der Waals surface area (Å²) < 4.78 is 0. The van der Waals surface area contributed by atoms with Crippen molar-refractivity contribution in [3.8, 4) is 9.88 Å². The van der Waals surface area contributed by atoms with Crippen molar-refractivity contribution in [1.29, 1.82) is 0 Å². The minimum absolute atomic E-state index is 0.563. The van der Waals surface area contributed by atoms with Gasteiger partial charge in [-0.3, -0.25) is 4.98 Å². The van der Waals surface area contributed by atoms with Gasteiger partial charge >= 0.3 is 0 Å². The van der Waals surface area contributed by atoms with Crippen LogP contribution in [0.3, 0.4) is 0 Å². The number of rotatable bonds is 3. The lowest BCUT2D eigenvalue weighted by Crippen LogP contribution is -1.90. The van der Waals surface area contributed by atoms with Crippen molar-refractivity contribution in [3.05, 3.63) is 22.8 Å². The molecule has 2 heterocycles. The fourth-order valence-electron chi connectivity index (χ4n) is 1.16. The van der Waals surface area contributed by atoms with Crippen molar-refractivity contribution >= 4 is 22.7 Å². The SMILES string of the molecule is CCC(C)c1csc(-c2cncs2)n1. The Morgan fingerprint density at radius 3 is 2.93 bits per heavy atom. The van der Waals surface area contributed by atoms with E-state index in [2.05, 4.69) is 29.2 Å². The van der Waals surface area contributed by atoms with Gasteiger partial charge in [0.2, 0.25) is 0 Å². The second kappa shape index (κ2) is 4.19. The molecule has 4 heteroatoms. The molecule has 0 spiro atoms. The standard InChI is InChI=1S/C10H12N2S2/c1-3-7(2)8-5-13-10(12-8)9-4-11-6-14-9/h4-7H,3H2,1-2H3. The smallest absolute Gasteiger partial charge is 0.135 e. The fraction of sp³-hybridized carbons (Fsp3) is 0.400. The van der Waals surface area contributed by atoms with Gasteiger partial charge in [0.25, 0.3) is 0 Å². The van der Waals surface area contributed by atoms with Crippen LogP contribution in [-0.2, 0) is 0 Å². The average molecular weight is 224 g/mol. The number of thiazole rings is 2. The van der Waals surface area contributed by atoms with Gasteiger partial charge in [-0.05, 0) is 12.3 Å². The second-order valence-corrected chi connectivity index (χ2v) is 5.00. The Hall–Kier alpha value is -0.740. The Balaban J connectivity index is 2.26. The Morgan fingerprint density at radius 1 is 1.43 bits per heavy atom. The van der Waals surface area contributed by atoms with E-state index >= 15 is 0 Å². The third-order valence-corrected chi connectivity index (χ3v) is 4.09. The summed E-state index contributed by atoms with van der Waals surface area (Å²) in [6.45, 7) is 4.40. The largest absolute Gasteiger partial charge is 0.252 e. The summed E-state index contributed by atoms with van der Waals surface area (Å²) in [7, 11) is 0. The second-order valence-electron chi connectivity index (χ2n) is 3.25. The minimum Gasteiger partial charge on any atom is -0.252 e. The summed E-state index contributed by atoms with van der Waals surface area (Å²) >= 11 is 3.36. The Labute approximate surface area is 91.7 Å². The van der Waals surface area contributed by atoms with Gasteiger partial charge in [0.05, 0.1) is 16.1 Å². The van der Waals surface area contributed by atoms with E-state index in [4.69, 9.17) is 0 Å². The van der Waals surface area contributed by atoms with Crippen molar-refractivity contribution in [2.75, 3.05) is 0 Å². The van der Waals surface area contributed by atoms with Gasteiger partial charge in [-0.1, -0.05) is 13.8 Å². The molecule has 2 rings (SSSR count). The molecule has 0 saturated carbocycles. The molecule has 0 fully saturated rings. The van der Waals surface area contributed by atoms with Gasteiger partial charge in [-0.15, -0.1) is 22.7 Å². The molecule has 0 N–H and O–H groups in total. The molecule has 0 amide bonds. The average Bonchev–Trinajstić information content (AvgIpc) is 2.86. The zero-order valence-electron chi connectivity index (χ0n) is 8.23. The van der Waals surface area contributed by atoms with Crippen molar-refractivity contribution in [1.82, 2.24) is 9.97 Å². The highest BCUT2D eigenvalue weighted by atomic mass is 32.1. The molecular weight excluding hydrogens is 212 g/mol. The van der Waals surface area contributed by atoms with Crippen molar-refractivity contribution < 1.29 is 0 Å². The first-order chi connectivity index (χ1) is 6.81. The van der Waals surface area contributed by atoms with Crippen LogP contribution in [0.1, 0.15) is 31.9 Å². The van der Waals surface area contributed by atoms with Crippen LogP contribution in [-0.4, -0.2) is 9.97 Å². The van der Waals surface area contributed by atoms with Gasteiger partial charge in [-0.25, -0.2) is 4.98 Å². The number of hydrogen-bond acceptors (Lipinski definition) is 4. The zero-order valence-corrected chi connectivity index (χ0v) is 9.86. The summed E-state index contributed by atoms with van der Waals surface area (Å²) in [4.78, 5) is 9.84. The third-order valence-electron chi connectivity index (χ3n) is 2.28. The maximum atomic E-state index is 4.61. The summed E-state index contributed by atoms with van der Waals surface area (Å²) in [5.74, 6) is 0.563. The van der Waals surface area contributed by atoms with Crippen molar-refractivity contribution in [2.45, 2.75) is 26.2 Å². The maximum Gasteiger partial charge on any atom is 0.135 e. The predicted molar refractivity (Wildman–Crippen MR) is 61.9 cm³/mol. The number of nitrogens with zero attached hydrogens (tertiary/aromatic N) is 2. The lowest BCUT2D eigenvalue weighted by atomic mass is 10.1. The van der Waals surface area contributed by atoms with Crippen LogP contribution in [0.2, 0.25) is 0 Å². The lowest BCUT2D eigenvalue weighted by molar-refractivity contribution is 0.714. The number of aromatic nitrogens is 2. The molecule has 2 nitrogen and oxygen atoms in total. The van der Waals surface area contributed by atoms with Crippen LogP contribution in [0.25, 0.3) is 9.88 Å². The minimum atomic E-state index is 0.563. The highest BCUT2D eigenvalue weighted by Gasteiger charge is 2.09. The summed E-state index contributed by atoms with van der Waals surface area (Å²) in [5.41, 5.74) is 3.06. The van der Waals surface area contributed by atoms with E-state index in [1.165, 1.54) is 10.6 Å². The molecule has 14 heavy (non-hydrogen) atoms. The molecule has 74 valence electrons. The quantitative estimate of drug-likeness (QED) is 0.793. The first kappa shape index (κ1) is 9.80. The van der Waals surface area contributed by atoms with Crippen LogP contribution in [0.15, 0.2) is 17.1 Å². The van der Waals surface area contributed by atoms with Gasteiger partial charge in [-0.2, -0.15) is 0 Å². The van der Waals surface area contributed by atoms with Crippen molar-refractivity contribution in [2.24, 2.45) is 0 Å². The van der Waals surface area contributed by atoms with Crippen LogP contribution >= 0.6 is 22.7 Å². The third kappa shape index (κ3) is 1.86. The van der Waals surface area contributed by atoms with Crippen molar-refractivity contribution in [3.63, 3.8) is 0 Å². The highest BCUT2D eigenvalue weighted by molar-refractivity contribution is 7.19. The van der Waals surface area contributed by atoms with Gasteiger partial charge in [0.15, 0.2) is 0 Å². The van der Waals surface area contributed by atoms with Crippen LogP contribution < -0.4 is 0 Å². The molecule has 0 saturated heterocycles. The molecule has 2 aromatic heterocycles. The van der Waals surface area contributed by atoms with Gasteiger partial charge < -0.3 is 0 Å². The summed E-state index contributed by atoms with van der Waals surface area (Å²) in [6, 6.07) is 0. The molecule has 0 aliphatic rings. The predicted octanol–water partition coefficient (Wildman–Crippen LogP) is 3.78. The van der Waals surface area contributed by atoms with E-state index in [9.17, 15) is 0 Å². The van der Waals surface area contributed by atoms with Gasteiger partial charge in [0.1, 0.15) is 5.01 Å². The Morgan fingerprint density at radius 2 is 2.29 bits per heavy atom. The molecule has 0 aromatic carbocycles. The van der Waals surface area contributed by atoms with E-state index in [1.807, 2.05) is 11.7 Å².